The highest BCUT2D eigenvalue weighted by atomic mass is 16.5. The monoisotopic (exact) mass is 291 g/mol. The van der Waals surface area contributed by atoms with Gasteiger partial charge in [0.05, 0.1) is 6.54 Å². The predicted molar refractivity (Wildman–Crippen MR) is 89.9 cm³/mol. The minimum atomic E-state index is 0.356. The second-order valence-corrected chi connectivity index (χ2v) is 5.77. The van der Waals surface area contributed by atoms with Gasteiger partial charge in [0.15, 0.2) is 0 Å². The quantitative estimate of drug-likeness (QED) is 0.846. The molecule has 22 heavy (non-hydrogen) atoms. The first-order valence-electron chi connectivity index (χ1n) is 7.75. The molecule has 1 atom stereocenters. The van der Waals surface area contributed by atoms with E-state index in [0.717, 1.165) is 18.6 Å². The third-order valence-corrected chi connectivity index (χ3v) is 4.19. The first-order chi connectivity index (χ1) is 10.8. The van der Waals surface area contributed by atoms with Gasteiger partial charge in [0.25, 0.3) is 0 Å². The third kappa shape index (κ3) is 3.16. The Morgan fingerprint density at radius 3 is 2.82 bits per heavy atom. The minimum absolute atomic E-state index is 0.356. The number of rotatable bonds is 5. The number of aryl methyl sites for hydroxylation is 1. The fourth-order valence-corrected chi connectivity index (χ4v) is 3.00. The van der Waals surface area contributed by atoms with Crippen LogP contribution in [0.2, 0.25) is 0 Å². The summed E-state index contributed by atoms with van der Waals surface area (Å²) in [6.07, 6.45) is 7.47. The Hall–Kier alpha value is -2.24. The number of nitrogens with one attached hydrogen (secondary N) is 1. The normalized spacial score (nSPS) is 16.1. The summed E-state index contributed by atoms with van der Waals surface area (Å²) in [5, 5.41) is 3.40. The second-order valence-electron chi connectivity index (χ2n) is 5.77. The fourth-order valence-electron chi connectivity index (χ4n) is 3.00. The average molecular weight is 291 g/mol. The molecular weight excluding hydrogens is 270 g/mol. The van der Waals surface area contributed by atoms with Crippen LogP contribution < -0.4 is 10.1 Å². The zero-order valence-corrected chi connectivity index (χ0v) is 12.9. The number of fused-ring (bicyclic) bond motifs is 1. The molecule has 1 aliphatic carbocycles. The molecule has 0 saturated heterocycles. The smallest absolute Gasteiger partial charge is 0.123 e. The van der Waals surface area contributed by atoms with Crippen molar-refractivity contribution in [1.82, 2.24) is 5.32 Å². The zero-order valence-electron chi connectivity index (χ0n) is 12.9. The van der Waals surface area contributed by atoms with Crippen molar-refractivity contribution in [3.8, 4) is 18.1 Å². The van der Waals surface area contributed by atoms with Gasteiger partial charge in [0.2, 0.25) is 0 Å². The van der Waals surface area contributed by atoms with E-state index in [-0.39, 0.29) is 0 Å². The Bertz CT molecular complexity index is 682. The lowest BCUT2D eigenvalue weighted by atomic mass is 10.1. The van der Waals surface area contributed by atoms with Gasteiger partial charge >= 0.3 is 0 Å². The maximum Gasteiger partial charge on any atom is 0.123 e. The topological polar surface area (TPSA) is 21.3 Å². The lowest BCUT2D eigenvalue weighted by Crippen LogP contribution is -2.19. The van der Waals surface area contributed by atoms with E-state index in [9.17, 15) is 0 Å². The van der Waals surface area contributed by atoms with Gasteiger partial charge in [-0.3, -0.25) is 5.32 Å². The van der Waals surface area contributed by atoms with Crippen molar-refractivity contribution in [2.45, 2.75) is 32.4 Å². The molecule has 0 radical (unpaired) electrons. The number of hydrogen-bond donors (Lipinski definition) is 1. The Labute approximate surface area is 132 Å². The Kier molecular flexibility index (Phi) is 4.46. The highest BCUT2D eigenvalue weighted by molar-refractivity contribution is 5.45. The Morgan fingerprint density at radius 2 is 2.05 bits per heavy atom. The molecule has 0 spiro atoms. The third-order valence-electron chi connectivity index (χ3n) is 4.19. The van der Waals surface area contributed by atoms with Gasteiger partial charge in [-0.15, -0.1) is 6.42 Å². The van der Waals surface area contributed by atoms with Crippen LogP contribution in [0.25, 0.3) is 0 Å². The van der Waals surface area contributed by atoms with E-state index < -0.39 is 0 Å². The van der Waals surface area contributed by atoms with E-state index in [4.69, 9.17) is 11.2 Å². The van der Waals surface area contributed by atoms with E-state index >= 15 is 0 Å². The molecule has 0 aliphatic heterocycles. The number of terminal acetylenes is 1. The standard InChI is InChI=1S/C20H21NO/c1-3-13-21-19-12-11-18-17(19)5-4-6-20(18)22-14-16-9-7-15(2)8-10-16/h1,4-10,19,21H,11-14H2,2H3. The fraction of sp³-hybridized carbons (Fsp3) is 0.300. The summed E-state index contributed by atoms with van der Waals surface area (Å²) >= 11 is 0. The summed E-state index contributed by atoms with van der Waals surface area (Å²) in [5.74, 6) is 3.65. The molecule has 1 aliphatic rings. The molecule has 0 fully saturated rings. The summed E-state index contributed by atoms with van der Waals surface area (Å²) in [5.41, 5.74) is 5.12. The highest BCUT2D eigenvalue weighted by Crippen LogP contribution is 2.37. The molecule has 112 valence electrons. The lowest BCUT2D eigenvalue weighted by molar-refractivity contribution is 0.303. The summed E-state index contributed by atoms with van der Waals surface area (Å²) in [7, 11) is 0. The van der Waals surface area contributed by atoms with Gasteiger partial charge in [0.1, 0.15) is 12.4 Å². The van der Waals surface area contributed by atoms with Crippen LogP contribution in [0.4, 0.5) is 0 Å². The second kappa shape index (κ2) is 6.68. The van der Waals surface area contributed by atoms with Crippen LogP contribution in [0.3, 0.4) is 0 Å². The van der Waals surface area contributed by atoms with Crippen LogP contribution >= 0.6 is 0 Å². The van der Waals surface area contributed by atoms with E-state index in [1.807, 2.05) is 0 Å². The van der Waals surface area contributed by atoms with E-state index in [0.29, 0.717) is 19.2 Å². The van der Waals surface area contributed by atoms with Gasteiger partial charge in [0, 0.05) is 6.04 Å². The van der Waals surface area contributed by atoms with Crippen molar-refractivity contribution in [3.63, 3.8) is 0 Å². The maximum atomic E-state index is 6.06. The Morgan fingerprint density at radius 1 is 1.23 bits per heavy atom. The molecule has 0 saturated carbocycles. The van der Waals surface area contributed by atoms with E-state index in [2.05, 4.69) is 60.6 Å². The van der Waals surface area contributed by atoms with Gasteiger partial charge in [-0.05, 0) is 42.5 Å². The molecule has 2 nitrogen and oxygen atoms in total. The molecule has 0 heterocycles. The molecule has 2 heteroatoms. The van der Waals surface area contributed by atoms with Crippen molar-refractivity contribution in [1.29, 1.82) is 0 Å². The molecule has 2 aromatic rings. The number of benzene rings is 2. The van der Waals surface area contributed by atoms with Crippen LogP contribution in [-0.4, -0.2) is 6.54 Å². The van der Waals surface area contributed by atoms with Crippen LogP contribution in [0.1, 0.15) is 34.7 Å². The van der Waals surface area contributed by atoms with Crippen LogP contribution in [0.5, 0.6) is 5.75 Å². The Balaban J connectivity index is 1.72. The van der Waals surface area contributed by atoms with Gasteiger partial charge < -0.3 is 4.74 Å². The van der Waals surface area contributed by atoms with Crippen molar-refractivity contribution in [2.24, 2.45) is 0 Å². The van der Waals surface area contributed by atoms with Crippen LogP contribution in [0.15, 0.2) is 42.5 Å². The molecule has 0 bridgehead atoms. The molecule has 1 unspecified atom stereocenters. The molecule has 0 amide bonds. The molecule has 1 N–H and O–H groups in total. The molecule has 2 aromatic carbocycles. The molecule has 0 aromatic heterocycles. The maximum absolute atomic E-state index is 6.06. The van der Waals surface area contributed by atoms with E-state index in [1.165, 1.54) is 22.3 Å². The summed E-state index contributed by atoms with van der Waals surface area (Å²) in [4.78, 5) is 0. The van der Waals surface area contributed by atoms with Crippen molar-refractivity contribution in [2.75, 3.05) is 6.54 Å². The largest absolute Gasteiger partial charge is 0.489 e. The molecule has 3 rings (SSSR count). The zero-order chi connectivity index (χ0) is 15.4. The van der Waals surface area contributed by atoms with Crippen molar-refractivity contribution < 1.29 is 4.74 Å². The van der Waals surface area contributed by atoms with Crippen LogP contribution in [0, 0.1) is 19.3 Å². The first kappa shape index (κ1) is 14.7. The predicted octanol–water partition coefficient (Wildman–Crippen LogP) is 3.78. The number of hydrogen-bond acceptors (Lipinski definition) is 2. The summed E-state index contributed by atoms with van der Waals surface area (Å²) < 4.78 is 6.06. The number of ether oxygens (including phenoxy) is 1. The van der Waals surface area contributed by atoms with Crippen molar-refractivity contribution in [3.05, 3.63) is 64.7 Å². The SMILES string of the molecule is C#CCNC1CCc2c(OCc3ccc(C)cc3)cccc21. The summed E-state index contributed by atoms with van der Waals surface area (Å²) in [6.45, 7) is 3.32. The van der Waals surface area contributed by atoms with Gasteiger partial charge in [-0.1, -0.05) is 47.9 Å². The van der Waals surface area contributed by atoms with Gasteiger partial charge in [-0.25, -0.2) is 0 Å². The first-order valence-corrected chi connectivity index (χ1v) is 7.75. The van der Waals surface area contributed by atoms with Crippen LogP contribution in [-0.2, 0) is 13.0 Å². The summed E-state index contributed by atoms with van der Waals surface area (Å²) in [6, 6.07) is 15.1. The minimum Gasteiger partial charge on any atom is -0.489 e. The lowest BCUT2D eigenvalue weighted by Gasteiger charge is -2.14. The highest BCUT2D eigenvalue weighted by Gasteiger charge is 2.24. The van der Waals surface area contributed by atoms with Gasteiger partial charge in [-0.2, -0.15) is 0 Å². The molecular formula is C20H21NO. The van der Waals surface area contributed by atoms with E-state index in [1.54, 1.807) is 0 Å². The average Bonchev–Trinajstić information content (AvgIpc) is 2.96. The van der Waals surface area contributed by atoms with Crippen molar-refractivity contribution >= 4 is 0 Å².